The van der Waals surface area contributed by atoms with Gasteiger partial charge in [0.1, 0.15) is 12.4 Å². The lowest BCUT2D eigenvalue weighted by Crippen LogP contribution is -2.19. The predicted octanol–water partition coefficient (Wildman–Crippen LogP) is 2.83. The molecule has 0 aromatic heterocycles. The fourth-order valence-electron chi connectivity index (χ4n) is 2.42. The van der Waals surface area contributed by atoms with Gasteiger partial charge in [-0.1, -0.05) is 12.1 Å². The van der Waals surface area contributed by atoms with Crippen LogP contribution >= 0.6 is 0 Å². The molecule has 100 valence electrons. The van der Waals surface area contributed by atoms with Gasteiger partial charge in [-0.3, -0.25) is 0 Å². The molecule has 1 unspecified atom stereocenters. The minimum atomic E-state index is 0.171. The highest BCUT2D eigenvalue weighted by Crippen LogP contribution is 2.33. The number of hydrogen-bond donors (Lipinski definition) is 1. The van der Waals surface area contributed by atoms with Gasteiger partial charge in [-0.05, 0) is 50.3 Å². The molecule has 1 aromatic carbocycles. The van der Waals surface area contributed by atoms with Crippen molar-refractivity contribution in [3.8, 4) is 5.75 Å². The maximum atomic E-state index is 6.13. The van der Waals surface area contributed by atoms with Crippen LogP contribution < -0.4 is 10.5 Å². The standard InChI is InChI=1S/C15H23NO2/c1-11(2)17-9-10-18-15-8-4-5-12-13(15)6-3-7-14(12)16/h4-5,8,11,14H,3,6-7,9-10,16H2,1-2H3. The van der Waals surface area contributed by atoms with Crippen LogP contribution in [0, 0.1) is 0 Å². The SMILES string of the molecule is CC(C)OCCOc1cccc2c1CCCC2N. The molecule has 0 fully saturated rings. The number of hydrogen-bond acceptors (Lipinski definition) is 3. The van der Waals surface area contributed by atoms with Crippen LogP contribution in [0.2, 0.25) is 0 Å². The lowest BCUT2D eigenvalue weighted by Gasteiger charge is -2.24. The summed E-state index contributed by atoms with van der Waals surface area (Å²) in [7, 11) is 0. The Morgan fingerprint density at radius 2 is 2.17 bits per heavy atom. The molecule has 3 heteroatoms. The van der Waals surface area contributed by atoms with E-state index in [2.05, 4.69) is 6.07 Å². The maximum absolute atomic E-state index is 6.13. The number of nitrogens with two attached hydrogens (primary N) is 1. The Kier molecular flexibility index (Phi) is 4.61. The van der Waals surface area contributed by atoms with Crippen molar-refractivity contribution >= 4 is 0 Å². The lowest BCUT2D eigenvalue weighted by molar-refractivity contribution is 0.0550. The Morgan fingerprint density at radius 3 is 2.94 bits per heavy atom. The van der Waals surface area contributed by atoms with E-state index in [-0.39, 0.29) is 12.1 Å². The average molecular weight is 249 g/mol. The first-order valence-corrected chi connectivity index (χ1v) is 6.80. The number of fused-ring (bicyclic) bond motifs is 1. The van der Waals surface area contributed by atoms with Crippen molar-refractivity contribution < 1.29 is 9.47 Å². The Morgan fingerprint density at radius 1 is 1.33 bits per heavy atom. The van der Waals surface area contributed by atoms with E-state index in [1.54, 1.807) is 0 Å². The molecular weight excluding hydrogens is 226 g/mol. The van der Waals surface area contributed by atoms with Gasteiger partial charge < -0.3 is 15.2 Å². The molecule has 0 spiro atoms. The third-order valence-electron chi connectivity index (χ3n) is 3.30. The second-order valence-electron chi connectivity index (χ2n) is 5.09. The van der Waals surface area contributed by atoms with Crippen LogP contribution in [0.4, 0.5) is 0 Å². The Labute approximate surface area is 109 Å². The normalized spacial score (nSPS) is 18.8. The van der Waals surface area contributed by atoms with Crippen molar-refractivity contribution in [2.45, 2.75) is 45.3 Å². The quantitative estimate of drug-likeness (QED) is 0.816. The Balaban J connectivity index is 1.98. The van der Waals surface area contributed by atoms with E-state index in [1.165, 1.54) is 11.1 Å². The van der Waals surface area contributed by atoms with Gasteiger partial charge in [0, 0.05) is 6.04 Å². The van der Waals surface area contributed by atoms with E-state index in [9.17, 15) is 0 Å². The second-order valence-corrected chi connectivity index (χ2v) is 5.09. The molecule has 0 radical (unpaired) electrons. The van der Waals surface area contributed by atoms with Crippen LogP contribution in [-0.4, -0.2) is 19.3 Å². The summed E-state index contributed by atoms with van der Waals surface area (Å²) in [5.41, 5.74) is 8.68. The molecule has 0 heterocycles. The van der Waals surface area contributed by atoms with Gasteiger partial charge in [-0.25, -0.2) is 0 Å². The van der Waals surface area contributed by atoms with Crippen molar-refractivity contribution in [2.24, 2.45) is 5.73 Å². The molecule has 0 saturated heterocycles. The second kappa shape index (κ2) is 6.21. The fourth-order valence-corrected chi connectivity index (χ4v) is 2.42. The molecule has 2 rings (SSSR count). The summed E-state index contributed by atoms with van der Waals surface area (Å²) in [6.45, 7) is 5.30. The Hall–Kier alpha value is -1.06. The van der Waals surface area contributed by atoms with Crippen LogP contribution in [0.25, 0.3) is 0 Å². The molecule has 1 aliphatic rings. The lowest BCUT2D eigenvalue weighted by atomic mass is 9.88. The highest BCUT2D eigenvalue weighted by Gasteiger charge is 2.19. The monoisotopic (exact) mass is 249 g/mol. The van der Waals surface area contributed by atoms with E-state index in [0.717, 1.165) is 25.0 Å². The van der Waals surface area contributed by atoms with Crippen molar-refractivity contribution in [3.63, 3.8) is 0 Å². The zero-order chi connectivity index (χ0) is 13.0. The number of benzene rings is 1. The van der Waals surface area contributed by atoms with Gasteiger partial charge in [-0.2, -0.15) is 0 Å². The van der Waals surface area contributed by atoms with Gasteiger partial charge >= 0.3 is 0 Å². The van der Waals surface area contributed by atoms with E-state index in [4.69, 9.17) is 15.2 Å². The topological polar surface area (TPSA) is 44.5 Å². The molecule has 3 nitrogen and oxygen atoms in total. The average Bonchev–Trinajstić information content (AvgIpc) is 2.35. The predicted molar refractivity (Wildman–Crippen MR) is 72.9 cm³/mol. The largest absolute Gasteiger partial charge is 0.491 e. The first-order chi connectivity index (χ1) is 8.68. The molecule has 2 N–H and O–H groups in total. The van der Waals surface area contributed by atoms with Gasteiger partial charge in [-0.15, -0.1) is 0 Å². The van der Waals surface area contributed by atoms with Crippen LogP contribution in [0.3, 0.4) is 0 Å². The smallest absolute Gasteiger partial charge is 0.122 e. The van der Waals surface area contributed by atoms with Gasteiger partial charge in [0.15, 0.2) is 0 Å². The molecular formula is C15H23NO2. The Bertz CT molecular complexity index is 390. The fraction of sp³-hybridized carbons (Fsp3) is 0.600. The molecule has 0 aliphatic heterocycles. The summed E-state index contributed by atoms with van der Waals surface area (Å²) in [6.07, 6.45) is 3.56. The summed E-state index contributed by atoms with van der Waals surface area (Å²) >= 11 is 0. The number of rotatable bonds is 5. The summed E-state index contributed by atoms with van der Waals surface area (Å²) in [5.74, 6) is 0.981. The van der Waals surface area contributed by atoms with Crippen molar-refractivity contribution in [1.29, 1.82) is 0 Å². The van der Waals surface area contributed by atoms with E-state index in [1.807, 2.05) is 26.0 Å². The first-order valence-electron chi connectivity index (χ1n) is 6.80. The van der Waals surface area contributed by atoms with Gasteiger partial charge in [0.25, 0.3) is 0 Å². The summed E-state index contributed by atoms with van der Waals surface area (Å²) < 4.78 is 11.3. The van der Waals surface area contributed by atoms with Gasteiger partial charge in [0.2, 0.25) is 0 Å². The molecule has 0 saturated carbocycles. The summed E-state index contributed by atoms with van der Waals surface area (Å²) in [4.78, 5) is 0. The molecule has 1 aromatic rings. The molecule has 1 atom stereocenters. The number of ether oxygens (including phenoxy) is 2. The summed E-state index contributed by atoms with van der Waals surface area (Å²) in [6, 6.07) is 6.36. The minimum Gasteiger partial charge on any atom is -0.491 e. The highest BCUT2D eigenvalue weighted by atomic mass is 16.5. The molecule has 18 heavy (non-hydrogen) atoms. The van der Waals surface area contributed by atoms with Crippen LogP contribution in [0.15, 0.2) is 18.2 Å². The van der Waals surface area contributed by atoms with E-state index < -0.39 is 0 Å². The van der Waals surface area contributed by atoms with Crippen LogP contribution in [0.1, 0.15) is 43.9 Å². The first kappa shape index (κ1) is 13.4. The zero-order valence-electron chi connectivity index (χ0n) is 11.3. The molecule has 1 aliphatic carbocycles. The van der Waals surface area contributed by atoms with Crippen molar-refractivity contribution in [1.82, 2.24) is 0 Å². The minimum absolute atomic E-state index is 0.171. The van der Waals surface area contributed by atoms with Gasteiger partial charge in [0.05, 0.1) is 12.7 Å². The molecule has 0 bridgehead atoms. The highest BCUT2D eigenvalue weighted by molar-refractivity contribution is 5.43. The van der Waals surface area contributed by atoms with Crippen molar-refractivity contribution in [2.75, 3.05) is 13.2 Å². The van der Waals surface area contributed by atoms with Crippen molar-refractivity contribution in [3.05, 3.63) is 29.3 Å². The summed E-state index contributed by atoms with van der Waals surface area (Å²) in [5, 5.41) is 0. The van der Waals surface area contributed by atoms with Crippen LogP contribution in [-0.2, 0) is 11.2 Å². The third-order valence-corrected chi connectivity index (χ3v) is 3.30. The third kappa shape index (κ3) is 3.24. The van der Waals surface area contributed by atoms with E-state index >= 15 is 0 Å². The van der Waals surface area contributed by atoms with E-state index in [0.29, 0.717) is 13.2 Å². The van der Waals surface area contributed by atoms with Crippen LogP contribution in [0.5, 0.6) is 5.75 Å². The zero-order valence-corrected chi connectivity index (χ0v) is 11.3. The molecule has 0 amide bonds. The maximum Gasteiger partial charge on any atom is 0.122 e.